The van der Waals surface area contributed by atoms with Gasteiger partial charge in [0, 0.05) is 18.1 Å². The Bertz CT molecular complexity index is 392. The van der Waals surface area contributed by atoms with E-state index in [2.05, 4.69) is 6.92 Å². The molecule has 1 heterocycles. The number of rotatable bonds is 5. The summed E-state index contributed by atoms with van der Waals surface area (Å²) in [7, 11) is 0. The van der Waals surface area contributed by atoms with Crippen LogP contribution in [0.2, 0.25) is 0 Å². The maximum atomic E-state index is 13.1. The average Bonchev–Trinajstić information content (AvgIpc) is 2.34. The monoisotopic (exact) mass is 252 g/mol. The fourth-order valence-electron chi connectivity index (χ4n) is 2.46. The Morgan fingerprint density at radius 2 is 2.17 bits per heavy atom. The molecule has 1 aliphatic rings. The maximum absolute atomic E-state index is 13.1. The highest BCUT2D eigenvalue weighted by Gasteiger charge is 2.26. The molecule has 1 aromatic rings. The van der Waals surface area contributed by atoms with Crippen LogP contribution in [0.15, 0.2) is 18.2 Å². The van der Waals surface area contributed by atoms with Gasteiger partial charge in [0.25, 0.3) is 0 Å². The second-order valence-electron chi connectivity index (χ2n) is 5.02. The topological polar surface area (TPSA) is 29.5 Å². The number of hydrogen-bond donors (Lipinski definition) is 1. The highest BCUT2D eigenvalue weighted by molar-refractivity contribution is 5.37. The Hall–Kier alpha value is -1.09. The second-order valence-corrected chi connectivity index (χ2v) is 5.02. The van der Waals surface area contributed by atoms with Crippen LogP contribution in [0.5, 0.6) is 5.75 Å². The van der Waals surface area contributed by atoms with Crippen molar-refractivity contribution in [2.75, 3.05) is 0 Å². The first-order valence-corrected chi connectivity index (χ1v) is 6.85. The quantitative estimate of drug-likeness (QED) is 0.803. The van der Waals surface area contributed by atoms with Gasteiger partial charge in [-0.25, -0.2) is 4.39 Å². The number of halogens is 1. The van der Waals surface area contributed by atoms with E-state index in [4.69, 9.17) is 4.74 Å². The molecule has 0 aliphatic carbocycles. The molecule has 1 aromatic carbocycles. The molecule has 0 aromatic heterocycles. The van der Waals surface area contributed by atoms with Crippen LogP contribution in [-0.4, -0.2) is 11.2 Å². The lowest BCUT2D eigenvalue weighted by atomic mass is 9.96. The van der Waals surface area contributed by atoms with E-state index in [1.54, 1.807) is 6.07 Å². The Labute approximate surface area is 108 Å². The molecular formula is C15H21FO2. The van der Waals surface area contributed by atoms with E-state index in [1.807, 2.05) is 0 Å². The average molecular weight is 252 g/mol. The molecule has 2 rings (SSSR count). The molecule has 1 aliphatic heterocycles. The van der Waals surface area contributed by atoms with E-state index in [-0.39, 0.29) is 11.9 Å². The first kappa shape index (κ1) is 13.3. The number of aliphatic hydroxyl groups is 1. The van der Waals surface area contributed by atoms with Gasteiger partial charge in [0.05, 0.1) is 6.10 Å². The van der Waals surface area contributed by atoms with Crippen molar-refractivity contribution in [1.29, 1.82) is 0 Å². The van der Waals surface area contributed by atoms with Crippen molar-refractivity contribution in [3.63, 3.8) is 0 Å². The van der Waals surface area contributed by atoms with Crippen LogP contribution < -0.4 is 4.74 Å². The zero-order valence-electron chi connectivity index (χ0n) is 10.9. The number of benzene rings is 1. The minimum atomic E-state index is -0.523. The van der Waals surface area contributed by atoms with Crippen molar-refractivity contribution in [1.82, 2.24) is 0 Å². The largest absolute Gasteiger partial charge is 0.490 e. The smallest absolute Gasteiger partial charge is 0.128 e. The molecule has 2 atom stereocenters. The predicted molar refractivity (Wildman–Crippen MR) is 69.2 cm³/mol. The standard InChI is InChI=1S/C15H21FO2/c1-2-3-4-5-6-12-10-14(17)13-8-7-11(16)9-15(13)18-12/h7-9,12,14,17H,2-6,10H2,1H3/t12?,14-/m0/s1. The van der Waals surface area contributed by atoms with E-state index >= 15 is 0 Å². The summed E-state index contributed by atoms with van der Waals surface area (Å²) in [6, 6.07) is 4.35. The minimum absolute atomic E-state index is 0.0196. The van der Waals surface area contributed by atoms with Crippen LogP contribution in [0.1, 0.15) is 57.1 Å². The normalized spacial score (nSPS) is 22.4. The van der Waals surface area contributed by atoms with Crippen molar-refractivity contribution in [2.45, 2.75) is 57.7 Å². The summed E-state index contributed by atoms with van der Waals surface area (Å²) in [6.45, 7) is 2.18. The van der Waals surface area contributed by atoms with Crippen LogP contribution in [0.25, 0.3) is 0 Å². The van der Waals surface area contributed by atoms with Crippen molar-refractivity contribution in [3.05, 3.63) is 29.6 Å². The molecule has 0 saturated heterocycles. The lowest BCUT2D eigenvalue weighted by molar-refractivity contribution is 0.0601. The summed E-state index contributed by atoms with van der Waals surface area (Å²) < 4.78 is 18.9. The van der Waals surface area contributed by atoms with E-state index in [0.717, 1.165) is 12.8 Å². The van der Waals surface area contributed by atoms with Gasteiger partial charge in [-0.05, 0) is 25.0 Å². The van der Waals surface area contributed by atoms with E-state index in [9.17, 15) is 9.50 Å². The van der Waals surface area contributed by atoms with Gasteiger partial charge in [0.1, 0.15) is 17.7 Å². The van der Waals surface area contributed by atoms with Gasteiger partial charge in [-0.15, -0.1) is 0 Å². The molecule has 100 valence electrons. The molecule has 0 radical (unpaired) electrons. The second kappa shape index (κ2) is 6.19. The summed E-state index contributed by atoms with van der Waals surface area (Å²) in [5, 5.41) is 10.0. The highest BCUT2D eigenvalue weighted by atomic mass is 19.1. The van der Waals surface area contributed by atoms with Crippen LogP contribution >= 0.6 is 0 Å². The summed E-state index contributed by atoms with van der Waals surface area (Å²) in [4.78, 5) is 0. The summed E-state index contributed by atoms with van der Waals surface area (Å²) >= 11 is 0. The molecule has 0 bridgehead atoms. The third-order valence-corrected chi connectivity index (χ3v) is 3.49. The Morgan fingerprint density at radius 3 is 2.94 bits per heavy atom. The fraction of sp³-hybridized carbons (Fsp3) is 0.600. The molecule has 0 saturated carbocycles. The Morgan fingerprint density at radius 1 is 1.33 bits per heavy atom. The van der Waals surface area contributed by atoms with Gasteiger partial charge < -0.3 is 9.84 Å². The van der Waals surface area contributed by atoms with Gasteiger partial charge >= 0.3 is 0 Å². The molecule has 0 spiro atoms. The molecule has 18 heavy (non-hydrogen) atoms. The van der Waals surface area contributed by atoms with Gasteiger partial charge in [0.2, 0.25) is 0 Å². The van der Waals surface area contributed by atoms with Crippen molar-refractivity contribution in [2.24, 2.45) is 0 Å². The third-order valence-electron chi connectivity index (χ3n) is 3.49. The first-order chi connectivity index (χ1) is 8.70. The zero-order valence-corrected chi connectivity index (χ0v) is 10.9. The Kier molecular flexibility index (Phi) is 4.59. The first-order valence-electron chi connectivity index (χ1n) is 6.85. The number of fused-ring (bicyclic) bond motifs is 1. The minimum Gasteiger partial charge on any atom is -0.490 e. The van der Waals surface area contributed by atoms with Crippen LogP contribution in [0.4, 0.5) is 4.39 Å². The van der Waals surface area contributed by atoms with Crippen LogP contribution in [0.3, 0.4) is 0 Å². The highest BCUT2D eigenvalue weighted by Crippen LogP contribution is 2.36. The van der Waals surface area contributed by atoms with E-state index < -0.39 is 6.10 Å². The molecular weight excluding hydrogens is 231 g/mol. The zero-order chi connectivity index (χ0) is 13.0. The van der Waals surface area contributed by atoms with Gasteiger partial charge in [-0.1, -0.05) is 26.2 Å². The molecule has 1 unspecified atom stereocenters. The number of unbranched alkanes of at least 4 members (excludes halogenated alkanes) is 3. The van der Waals surface area contributed by atoms with Crippen LogP contribution in [0, 0.1) is 5.82 Å². The molecule has 2 nitrogen and oxygen atoms in total. The predicted octanol–water partition coefficient (Wildman–Crippen LogP) is 3.98. The molecule has 3 heteroatoms. The van der Waals surface area contributed by atoms with E-state index in [1.165, 1.54) is 31.4 Å². The lowest BCUT2D eigenvalue weighted by Crippen LogP contribution is -2.25. The van der Waals surface area contributed by atoms with Gasteiger partial charge in [-0.2, -0.15) is 0 Å². The van der Waals surface area contributed by atoms with Crippen molar-refractivity contribution < 1.29 is 14.2 Å². The lowest BCUT2D eigenvalue weighted by Gasteiger charge is -2.29. The van der Waals surface area contributed by atoms with Crippen molar-refractivity contribution in [3.8, 4) is 5.75 Å². The number of aliphatic hydroxyl groups excluding tert-OH is 1. The molecule has 0 amide bonds. The van der Waals surface area contributed by atoms with E-state index in [0.29, 0.717) is 17.7 Å². The fourth-order valence-corrected chi connectivity index (χ4v) is 2.46. The number of ether oxygens (including phenoxy) is 1. The Balaban J connectivity index is 1.94. The number of hydrogen-bond acceptors (Lipinski definition) is 2. The van der Waals surface area contributed by atoms with Crippen molar-refractivity contribution >= 4 is 0 Å². The summed E-state index contributed by atoms with van der Waals surface area (Å²) in [5.41, 5.74) is 0.709. The summed E-state index contributed by atoms with van der Waals surface area (Å²) in [6.07, 6.45) is 5.80. The third kappa shape index (κ3) is 3.22. The molecule has 1 N–H and O–H groups in total. The molecule has 0 fully saturated rings. The maximum Gasteiger partial charge on any atom is 0.128 e. The SMILES string of the molecule is CCCCCCC1C[C@H](O)c2ccc(F)cc2O1. The van der Waals surface area contributed by atoms with Gasteiger partial charge in [-0.3, -0.25) is 0 Å². The summed E-state index contributed by atoms with van der Waals surface area (Å²) in [5.74, 6) is 0.196. The van der Waals surface area contributed by atoms with Crippen LogP contribution in [-0.2, 0) is 0 Å². The van der Waals surface area contributed by atoms with Gasteiger partial charge in [0.15, 0.2) is 0 Å².